The fourth-order valence-electron chi connectivity index (χ4n) is 6.19. The van der Waals surface area contributed by atoms with Gasteiger partial charge in [0, 0.05) is 71.2 Å². The first kappa shape index (κ1) is 25.3. The summed E-state index contributed by atoms with van der Waals surface area (Å²) < 4.78 is 42.3. The molecule has 5 fully saturated rings. The summed E-state index contributed by atoms with van der Waals surface area (Å²) in [7, 11) is 0.126. The summed E-state index contributed by atoms with van der Waals surface area (Å²) in [6, 6.07) is -0.557. The molecule has 5 rings (SSSR count). The third-order valence-corrected chi connectivity index (χ3v) is 10.4. The maximum absolute atomic E-state index is 13.6. The molecule has 198 valence electrons. The molecule has 3 aliphatic heterocycles. The molecule has 3 N–H and O–H groups in total. The molecule has 0 spiro atoms. The molecule has 3 heterocycles. The minimum absolute atomic E-state index is 0.120. The topological polar surface area (TPSA) is 117 Å². The van der Waals surface area contributed by atoms with Crippen molar-refractivity contribution in [2.24, 2.45) is 17.8 Å². The molecule has 5 aliphatic rings. The van der Waals surface area contributed by atoms with Crippen LogP contribution in [-0.2, 0) is 14.8 Å². The Kier molecular flexibility index (Phi) is 6.85. The molecule has 0 bridgehead atoms. The van der Waals surface area contributed by atoms with Crippen LogP contribution in [0.4, 0.5) is 9.18 Å². The van der Waals surface area contributed by atoms with Crippen LogP contribution in [0.2, 0.25) is 0 Å². The first-order valence-electron chi connectivity index (χ1n) is 12.7. The summed E-state index contributed by atoms with van der Waals surface area (Å²) in [5.41, 5.74) is 5.54. The predicted octanol–water partition coefficient (Wildman–Crippen LogP) is -0.658. The highest BCUT2D eigenvalue weighted by molar-refractivity contribution is 7.90. The van der Waals surface area contributed by atoms with E-state index in [0.29, 0.717) is 45.3 Å². The van der Waals surface area contributed by atoms with E-state index in [1.54, 1.807) is 0 Å². The average Bonchev–Trinajstić information content (AvgIpc) is 3.26. The molecular weight excluding hydrogens is 477 g/mol. The molecule has 11 nitrogen and oxygen atoms in total. The van der Waals surface area contributed by atoms with Gasteiger partial charge >= 0.3 is 6.03 Å². The third-order valence-electron chi connectivity index (χ3n) is 8.39. The smallest absolute Gasteiger partial charge is 0.320 e. The highest BCUT2D eigenvalue weighted by atomic mass is 32.2. The van der Waals surface area contributed by atoms with E-state index in [1.165, 1.54) is 4.90 Å². The van der Waals surface area contributed by atoms with Crippen molar-refractivity contribution in [2.45, 2.75) is 48.9 Å². The second kappa shape index (κ2) is 9.49. The summed E-state index contributed by atoms with van der Waals surface area (Å²) in [6.45, 7) is 3.12. The van der Waals surface area contributed by atoms with Gasteiger partial charge in [-0.3, -0.25) is 20.5 Å². The Labute approximate surface area is 206 Å². The van der Waals surface area contributed by atoms with Crippen LogP contribution in [-0.4, -0.2) is 117 Å². The lowest BCUT2D eigenvalue weighted by Crippen LogP contribution is -2.65. The zero-order valence-corrected chi connectivity index (χ0v) is 21.4. The highest BCUT2D eigenvalue weighted by Crippen LogP contribution is 2.41. The SMILES string of the molecule is CN1CC(CN2C(=O)C3CC(S(=O)(=O)NC4(CF)CC4)CCC3N(CC3CNN(C)C3)C2=O)CN1. The fraction of sp³-hybridized carbons (Fsp3) is 0.909. The number of amides is 3. The zero-order valence-electron chi connectivity index (χ0n) is 20.6. The van der Waals surface area contributed by atoms with Crippen LogP contribution in [0, 0.1) is 17.8 Å². The number of hydrogen-bond donors (Lipinski definition) is 3. The van der Waals surface area contributed by atoms with Crippen LogP contribution in [0.15, 0.2) is 0 Å². The van der Waals surface area contributed by atoms with Crippen molar-refractivity contribution in [1.29, 1.82) is 0 Å². The molecule has 0 aromatic heterocycles. The molecule has 2 aliphatic carbocycles. The van der Waals surface area contributed by atoms with Crippen molar-refractivity contribution in [3.63, 3.8) is 0 Å². The van der Waals surface area contributed by atoms with Gasteiger partial charge in [-0.05, 0) is 32.1 Å². The maximum Gasteiger partial charge on any atom is 0.326 e. The van der Waals surface area contributed by atoms with Gasteiger partial charge in [-0.1, -0.05) is 0 Å². The van der Waals surface area contributed by atoms with E-state index in [9.17, 15) is 22.4 Å². The number of hydrazine groups is 2. The Balaban J connectivity index is 1.36. The van der Waals surface area contributed by atoms with E-state index in [2.05, 4.69) is 15.6 Å². The van der Waals surface area contributed by atoms with Crippen molar-refractivity contribution in [3.05, 3.63) is 0 Å². The molecule has 5 atom stereocenters. The number of nitrogens with one attached hydrogen (secondary N) is 3. The second-order valence-electron chi connectivity index (χ2n) is 11.3. The van der Waals surface area contributed by atoms with E-state index in [-0.39, 0.29) is 36.2 Å². The van der Waals surface area contributed by atoms with E-state index in [4.69, 9.17) is 0 Å². The number of hydrogen-bond acceptors (Lipinski definition) is 8. The van der Waals surface area contributed by atoms with Gasteiger partial charge in [-0.25, -0.2) is 32.3 Å². The number of carbonyl (C=O) groups excluding carboxylic acids is 2. The van der Waals surface area contributed by atoms with Gasteiger partial charge in [0.1, 0.15) is 6.67 Å². The average molecular weight is 516 g/mol. The van der Waals surface area contributed by atoms with Crippen LogP contribution in [0.5, 0.6) is 0 Å². The standard InChI is InChI=1S/C22H38FN7O4S/c1-27-10-15(8-24-27)12-29-19-4-3-17(35(33,34)26-22(14-23)5-6-22)7-18(19)20(31)30(21(29)32)13-16-9-25-28(2)11-16/h15-19,24-26H,3-14H2,1-2H3. The second-order valence-corrected chi connectivity index (χ2v) is 13.2. The number of urea groups is 1. The minimum atomic E-state index is -3.77. The Morgan fingerprint density at radius 2 is 1.66 bits per heavy atom. The van der Waals surface area contributed by atoms with E-state index in [1.807, 2.05) is 29.0 Å². The largest absolute Gasteiger partial charge is 0.326 e. The van der Waals surface area contributed by atoms with Crippen LogP contribution in [0.1, 0.15) is 32.1 Å². The number of carbonyl (C=O) groups is 2. The fourth-order valence-corrected chi connectivity index (χ4v) is 8.13. The summed E-state index contributed by atoms with van der Waals surface area (Å²) in [6.07, 6.45) is 1.98. The number of imide groups is 1. The lowest BCUT2D eigenvalue weighted by Gasteiger charge is -2.49. The number of halogens is 1. The highest BCUT2D eigenvalue weighted by Gasteiger charge is 2.53. The van der Waals surface area contributed by atoms with Gasteiger partial charge in [0.2, 0.25) is 15.9 Å². The molecule has 3 amide bonds. The Hall–Kier alpha value is -1.38. The number of alkyl halides is 1. The molecule has 5 unspecified atom stereocenters. The molecule has 0 radical (unpaired) electrons. The van der Waals surface area contributed by atoms with Crippen LogP contribution >= 0.6 is 0 Å². The minimum Gasteiger partial charge on any atom is -0.320 e. The van der Waals surface area contributed by atoms with Crippen molar-refractivity contribution >= 4 is 22.0 Å². The molecule has 0 aromatic rings. The lowest BCUT2D eigenvalue weighted by atomic mass is 9.80. The predicted molar refractivity (Wildman–Crippen MR) is 127 cm³/mol. The Bertz CT molecular complexity index is 948. The van der Waals surface area contributed by atoms with Gasteiger partial charge in [0.25, 0.3) is 0 Å². The zero-order chi connectivity index (χ0) is 25.0. The quantitative estimate of drug-likeness (QED) is 0.390. The molecule has 35 heavy (non-hydrogen) atoms. The lowest BCUT2D eigenvalue weighted by molar-refractivity contribution is -0.141. The van der Waals surface area contributed by atoms with Gasteiger partial charge < -0.3 is 4.90 Å². The van der Waals surface area contributed by atoms with E-state index >= 15 is 0 Å². The number of nitrogens with zero attached hydrogens (tertiary/aromatic N) is 4. The first-order valence-corrected chi connectivity index (χ1v) is 14.3. The van der Waals surface area contributed by atoms with Crippen molar-refractivity contribution in [3.8, 4) is 0 Å². The van der Waals surface area contributed by atoms with E-state index in [0.717, 1.165) is 19.6 Å². The summed E-state index contributed by atoms with van der Waals surface area (Å²) in [5.74, 6) is -0.474. The molecule has 0 aromatic carbocycles. The van der Waals surface area contributed by atoms with Crippen molar-refractivity contribution < 1.29 is 22.4 Å². The number of sulfonamides is 1. The summed E-state index contributed by atoms with van der Waals surface area (Å²) in [4.78, 5) is 30.5. The normalized spacial score (nSPS) is 36.1. The number of rotatable bonds is 8. The van der Waals surface area contributed by atoms with E-state index < -0.39 is 33.4 Å². The summed E-state index contributed by atoms with van der Waals surface area (Å²) >= 11 is 0. The first-order chi connectivity index (χ1) is 16.6. The van der Waals surface area contributed by atoms with Gasteiger partial charge in [-0.15, -0.1) is 0 Å². The number of fused-ring (bicyclic) bond motifs is 1. The molecule has 2 saturated carbocycles. The third kappa shape index (κ3) is 5.08. The Morgan fingerprint density at radius 1 is 1.03 bits per heavy atom. The van der Waals surface area contributed by atoms with Gasteiger partial charge in [0.05, 0.1) is 16.7 Å². The van der Waals surface area contributed by atoms with Crippen molar-refractivity contribution in [1.82, 2.24) is 35.4 Å². The van der Waals surface area contributed by atoms with Crippen LogP contribution in [0.25, 0.3) is 0 Å². The Morgan fingerprint density at radius 3 is 2.20 bits per heavy atom. The summed E-state index contributed by atoms with van der Waals surface area (Å²) in [5, 5.41) is 3.21. The molecular formula is C22H38FN7O4S. The van der Waals surface area contributed by atoms with Gasteiger partial charge in [-0.2, -0.15) is 0 Å². The van der Waals surface area contributed by atoms with Crippen LogP contribution < -0.4 is 15.6 Å². The molecule has 13 heteroatoms. The van der Waals surface area contributed by atoms with Gasteiger partial charge in [0.15, 0.2) is 0 Å². The monoisotopic (exact) mass is 515 g/mol. The van der Waals surface area contributed by atoms with Crippen LogP contribution in [0.3, 0.4) is 0 Å². The van der Waals surface area contributed by atoms with Crippen molar-refractivity contribution in [2.75, 3.05) is 60.0 Å². The maximum atomic E-state index is 13.6. The molecule has 3 saturated heterocycles.